The van der Waals surface area contributed by atoms with Gasteiger partial charge in [0.2, 0.25) is 0 Å². The van der Waals surface area contributed by atoms with Gasteiger partial charge in [0.1, 0.15) is 5.78 Å². The number of hydrogen-bond acceptors (Lipinski definition) is 2. The Morgan fingerprint density at radius 2 is 1.79 bits per heavy atom. The minimum absolute atomic E-state index is 0.311. The van der Waals surface area contributed by atoms with Gasteiger partial charge in [-0.15, -0.1) is 0 Å². The molecule has 0 spiro atoms. The molecule has 19 heavy (non-hydrogen) atoms. The summed E-state index contributed by atoms with van der Waals surface area (Å²) in [5, 5.41) is 4.62. The number of carbonyl (C=O) groups excluding carboxylic acids is 1. The van der Waals surface area contributed by atoms with Gasteiger partial charge in [-0.1, -0.05) is 32.1 Å². The Morgan fingerprint density at radius 3 is 2.53 bits per heavy atom. The van der Waals surface area contributed by atoms with E-state index in [0.29, 0.717) is 24.2 Å². The van der Waals surface area contributed by atoms with Crippen LogP contribution >= 0.6 is 0 Å². The van der Waals surface area contributed by atoms with Crippen LogP contribution in [0.15, 0.2) is 12.3 Å². The van der Waals surface area contributed by atoms with Gasteiger partial charge in [-0.2, -0.15) is 5.10 Å². The fourth-order valence-corrected chi connectivity index (χ4v) is 3.59. The topological polar surface area (TPSA) is 34.9 Å². The molecule has 0 bridgehead atoms. The van der Waals surface area contributed by atoms with Crippen molar-refractivity contribution in [3.05, 3.63) is 18.0 Å². The van der Waals surface area contributed by atoms with E-state index in [2.05, 4.69) is 16.0 Å². The molecule has 0 N–H and O–H groups in total. The summed E-state index contributed by atoms with van der Waals surface area (Å²) in [4.78, 5) is 12.2. The van der Waals surface area contributed by atoms with Crippen LogP contribution in [-0.4, -0.2) is 15.6 Å². The van der Waals surface area contributed by atoms with Crippen molar-refractivity contribution in [1.82, 2.24) is 9.78 Å². The van der Waals surface area contributed by atoms with Crippen LogP contribution in [0, 0.1) is 5.92 Å². The van der Waals surface area contributed by atoms with Crippen molar-refractivity contribution < 1.29 is 4.79 Å². The van der Waals surface area contributed by atoms with Crippen LogP contribution in [0.1, 0.15) is 69.5 Å². The van der Waals surface area contributed by atoms with Gasteiger partial charge in [-0.3, -0.25) is 9.48 Å². The molecule has 1 heterocycles. The Morgan fingerprint density at radius 1 is 1.11 bits per heavy atom. The van der Waals surface area contributed by atoms with Crippen LogP contribution in [0.25, 0.3) is 0 Å². The van der Waals surface area contributed by atoms with E-state index in [-0.39, 0.29) is 0 Å². The van der Waals surface area contributed by atoms with Crippen molar-refractivity contribution in [2.45, 2.75) is 70.3 Å². The van der Waals surface area contributed by atoms with E-state index in [4.69, 9.17) is 0 Å². The van der Waals surface area contributed by atoms with Crippen LogP contribution in [0.4, 0.5) is 0 Å². The standard InChI is InChI=1S/C16H24N2O/c19-16(13-6-2-1-3-7-13)12-14-10-11-18(17-14)15-8-4-5-9-15/h10-11,13,15H,1-9,12H2. The Hall–Kier alpha value is -1.12. The summed E-state index contributed by atoms with van der Waals surface area (Å²) >= 11 is 0. The van der Waals surface area contributed by atoms with Gasteiger partial charge in [0.25, 0.3) is 0 Å². The lowest BCUT2D eigenvalue weighted by atomic mass is 9.85. The molecule has 2 fully saturated rings. The Kier molecular flexibility index (Phi) is 4.00. The molecule has 0 saturated heterocycles. The largest absolute Gasteiger partial charge is 0.299 e. The van der Waals surface area contributed by atoms with Gasteiger partial charge < -0.3 is 0 Å². The Bertz CT molecular complexity index is 426. The minimum atomic E-state index is 0.311. The number of Topliss-reactive ketones (excluding diaryl/α,β-unsaturated/α-hetero) is 1. The third-order valence-corrected chi connectivity index (χ3v) is 4.78. The van der Waals surface area contributed by atoms with Gasteiger partial charge in [-0.25, -0.2) is 0 Å². The van der Waals surface area contributed by atoms with Crippen LogP contribution in [0.2, 0.25) is 0 Å². The van der Waals surface area contributed by atoms with E-state index in [1.54, 1.807) is 0 Å². The number of hydrogen-bond donors (Lipinski definition) is 0. The third kappa shape index (κ3) is 3.07. The monoisotopic (exact) mass is 260 g/mol. The molecule has 0 atom stereocenters. The average molecular weight is 260 g/mol. The number of ketones is 1. The molecule has 0 aliphatic heterocycles. The minimum Gasteiger partial charge on any atom is -0.299 e. The maximum Gasteiger partial charge on any atom is 0.141 e. The second kappa shape index (κ2) is 5.89. The molecule has 2 aliphatic carbocycles. The maximum atomic E-state index is 12.2. The second-order valence-corrected chi connectivity index (χ2v) is 6.20. The molecule has 2 aliphatic rings. The van der Waals surface area contributed by atoms with Crippen LogP contribution in [0.5, 0.6) is 0 Å². The zero-order valence-corrected chi connectivity index (χ0v) is 11.7. The quantitative estimate of drug-likeness (QED) is 0.827. The average Bonchev–Trinajstić information content (AvgIpc) is 3.10. The fraction of sp³-hybridized carbons (Fsp3) is 0.750. The van der Waals surface area contributed by atoms with Gasteiger partial charge in [0.15, 0.2) is 0 Å². The summed E-state index contributed by atoms with van der Waals surface area (Å²) < 4.78 is 2.09. The number of aromatic nitrogens is 2. The summed E-state index contributed by atoms with van der Waals surface area (Å²) in [7, 11) is 0. The Labute approximate surface area is 115 Å². The summed E-state index contributed by atoms with van der Waals surface area (Å²) in [6, 6.07) is 2.62. The summed E-state index contributed by atoms with van der Waals surface area (Å²) in [5.74, 6) is 0.724. The smallest absolute Gasteiger partial charge is 0.141 e. The predicted molar refractivity (Wildman–Crippen MR) is 75.0 cm³/mol. The van der Waals surface area contributed by atoms with E-state index >= 15 is 0 Å². The van der Waals surface area contributed by atoms with Crippen LogP contribution in [-0.2, 0) is 11.2 Å². The highest BCUT2D eigenvalue weighted by atomic mass is 16.1. The number of carbonyl (C=O) groups is 1. The highest BCUT2D eigenvalue weighted by Gasteiger charge is 2.22. The predicted octanol–water partition coefficient (Wildman–Crippen LogP) is 3.69. The van der Waals surface area contributed by atoms with Gasteiger partial charge in [0, 0.05) is 12.1 Å². The molecule has 1 aromatic rings. The fourth-order valence-electron chi connectivity index (χ4n) is 3.59. The molecule has 2 saturated carbocycles. The first-order valence-electron chi connectivity index (χ1n) is 7.89. The third-order valence-electron chi connectivity index (χ3n) is 4.78. The molecule has 1 aromatic heterocycles. The Balaban J connectivity index is 1.58. The van der Waals surface area contributed by atoms with Crippen molar-refractivity contribution in [2.75, 3.05) is 0 Å². The highest BCUT2D eigenvalue weighted by Crippen LogP contribution is 2.29. The number of nitrogens with zero attached hydrogens (tertiary/aromatic N) is 2. The zero-order chi connectivity index (χ0) is 13.1. The lowest BCUT2D eigenvalue weighted by Gasteiger charge is -2.19. The lowest BCUT2D eigenvalue weighted by Crippen LogP contribution is -2.20. The molecule has 0 aromatic carbocycles. The zero-order valence-electron chi connectivity index (χ0n) is 11.7. The van der Waals surface area contributed by atoms with Gasteiger partial charge >= 0.3 is 0 Å². The van der Waals surface area contributed by atoms with E-state index < -0.39 is 0 Å². The molecule has 3 rings (SSSR count). The van der Waals surface area contributed by atoms with Crippen molar-refractivity contribution >= 4 is 5.78 Å². The molecular weight excluding hydrogens is 236 g/mol. The van der Waals surface area contributed by atoms with Gasteiger partial charge in [-0.05, 0) is 31.7 Å². The van der Waals surface area contributed by atoms with Crippen molar-refractivity contribution in [2.24, 2.45) is 5.92 Å². The number of rotatable bonds is 4. The first-order valence-corrected chi connectivity index (χ1v) is 7.89. The highest BCUT2D eigenvalue weighted by molar-refractivity contribution is 5.82. The van der Waals surface area contributed by atoms with E-state index in [9.17, 15) is 4.79 Å². The molecule has 3 nitrogen and oxygen atoms in total. The maximum absolute atomic E-state index is 12.2. The first-order chi connectivity index (χ1) is 9.33. The van der Waals surface area contributed by atoms with Crippen molar-refractivity contribution in [3.63, 3.8) is 0 Å². The van der Waals surface area contributed by atoms with Gasteiger partial charge in [0.05, 0.1) is 18.2 Å². The van der Waals surface area contributed by atoms with E-state index in [1.807, 2.05) is 6.07 Å². The molecule has 0 amide bonds. The van der Waals surface area contributed by atoms with Crippen LogP contribution in [0.3, 0.4) is 0 Å². The SMILES string of the molecule is O=C(Cc1ccn(C2CCCC2)n1)C1CCCCC1. The molecule has 3 heteroatoms. The second-order valence-electron chi connectivity index (χ2n) is 6.20. The van der Waals surface area contributed by atoms with Crippen LogP contribution < -0.4 is 0 Å². The van der Waals surface area contributed by atoms with Crippen molar-refractivity contribution in [3.8, 4) is 0 Å². The lowest BCUT2D eigenvalue weighted by molar-refractivity contribution is -0.123. The van der Waals surface area contributed by atoms with Crippen molar-refractivity contribution in [1.29, 1.82) is 0 Å². The molecule has 104 valence electrons. The molecule has 0 unspecified atom stereocenters. The molecular formula is C16H24N2O. The molecule has 0 radical (unpaired) electrons. The summed E-state index contributed by atoms with van der Waals surface area (Å²) in [6.07, 6.45) is 13.7. The first kappa shape index (κ1) is 12.9. The van der Waals surface area contributed by atoms with E-state index in [1.165, 1.54) is 44.9 Å². The summed E-state index contributed by atoms with van der Waals surface area (Å²) in [5.41, 5.74) is 0.975. The normalized spacial score (nSPS) is 21.9. The summed E-state index contributed by atoms with van der Waals surface area (Å²) in [6.45, 7) is 0. The van der Waals surface area contributed by atoms with E-state index in [0.717, 1.165) is 18.5 Å².